The van der Waals surface area contributed by atoms with Crippen molar-refractivity contribution in [2.75, 3.05) is 29.0 Å². The number of aromatic nitrogens is 1. The van der Waals surface area contributed by atoms with Gasteiger partial charge in [-0.25, -0.2) is 9.36 Å². The Kier molecular flexibility index (Phi) is 9.69. The van der Waals surface area contributed by atoms with E-state index < -0.39 is 6.09 Å². The SMILES string of the molecule is CCC[n+]1cc(Br)cc(C(=O)N(CCOC(=O)NCCI)c2ccccc2)c1. The molecule has 2 amide bonds. The maximum Gasteiger partial charge on any atom is 0.407 e. The number of para-hydroxylation sites is 1. The lowest BCUT2D eigenvalue weighted by molar-refractivity contribution is -0.697. The van der Waals surface area contributed by atoms with Gasteiger partial charge in [0.25, 0.3) is 5.91 Å². The first-order valence-electron chi connectivity index (χ1n) is 9.08. The molecular formula is C20H24BrIN3O3+. The van der Waals surface area contributed by atoms with E-state index in [0.717, 1.165) is 27.6 Å². The molecule has 0 saturated heterocycles. The maximum atomic E-state index is 13.2. The molecule has 0 aliphatic rings. The summed E-state index contributed by atoms with van der Waals surface area (Å²) in [6, 6.07) is 11.2. The normalized spacial score (nSPS) is 10.4. The average Bonchev–Trinajstić information content (AvgIpc) is 2.69. The van der Waals surface area contributed by atoms with Gasteiger partial charge in [0, 0.05) is 23.1 Å². The number of anilines is 1. The zero-order chi connectivity index (χ0) is 20.4. The molecule has 0 fully saturated rings. The molecule has 1 N–H and O–H groups in total. The molecule has 0 atom stereocenters. The maximum absolute atomic E-state index is 13.2. The first kappa shape index (κ1) is 22.6. The third-order valence-corrected chi connectivity index (χ3v) is 4.81. The fraction of sp³-hybridized carbons (Fsp3) is 0.350. The van der Waals surface area contributed by atoms with Crippen LogP contribution in [-0.4, -0.2) is 36.1 Å². The lowest BCUT2D eigenvalue weighted by Gasteiger charge is -2.22. The molecule has 0 aliphatic heterocycles. The molecule has 1 aromatic carbocycles. The number of hydrogen-bond acceptors (Lipinski definition) is 3. The smallest absolute Gasteiger partial charge is 0.407 e. The Balaban J connectivity index is 2.17. The van der Waals surface area contributed by atoms with Gasteiger partial charge in [0.15, 0.2) is 12.4 Å². The van der Waals surface area contributed by atoms with Crippen molar-refractivity contribution in [3.63, 3.8) is 0 Å². The number of pyridine rings is 1. The molecule has 0 saturated carbocycles. The molecule has 0 unspecified atom stereocenters. The van der Waals surface area contributed by atoms with E-state index in [0.29, 0.717) is 12.1 Å². The van der Waals surface area contributed by atoms with Crippen LogP contribution in [0.2, 0.25) is 0 Å². The van der Waals surface area contributed by atoms with Crippen LogP contribution in [0, 0.1) is 0 Å². The number of nitrogens with zero attached hydrogens (tertiary/aromatic N) is 2. The standard InChI is InChI=1S/C20H23BrIN3O3/c1-2-10-24-14-16(13-17(21)15-24)19(26)25(18-6-4-3-5-7-18)11-12-28-20(27)23-9-8-22/h3-7,13-15H,2,8-12H2,1H3/p+1. The van der Waals surface area contributed by atoms with E-state index >= 15 is 0 Å². The molecule has 0 aliphatic carbocycles. The minimum Gasteiger partial charge on any atom is -0.448 e. The molecule has 0 spiro atoms. The van der Waals surface area contributed by atoms with Gasteiger partial charge >= 0.3 is 6.09 Å². The number of halogens is 2. The van der Waals surface area contributed by atoms with Gasteiger partial charge in [-0.2, -0.15) is 0 Å². The Hall–Kier alpha value is -1.68. The van der Waals surface area contributed by atoms with Crippen molar-refractivity contribution >= 4 is 56.2 Å². The minimum atomic E-state index is -0.472. The van der Waals surface area contributed by atoms with E-state index in [-0.39, 0.29) is 19.1 Å². The summed E-state index contributed by atoms with van der Waals surface area (Å²) in [6.07, 6.45) is 4.30. The van der Waals surface area contributed by atoms with Crippen LogP contribution in [-0.2, 0) is 11.3 Å². The van der Waals surface area contributed by atoms with E-state index in [4.69, 9.17) is 4.74 Å². The van der Waals surface area contributed by atoms with Crippen LogP contribution in [0.1, 0.15) is 23.7 Å². The van der Waals surface area contributed by atoms with Gasteiger partial charge in [-0.1, -0.05) is 47.7 Å². The Morgan fingerprint density at radius 1 is 1.25 bits per heavy atom. The number of nitrogens with one attached hydrogen (secondary N) is 1. The Morgan fingerprint density at radius 2 is 2.00 bits per heavy atom. The Bertz CT molecular complexity index is 790. The number of carbonyl (C=O) groups excluding carboxylic acids is 2. The zero-order valence-electron chi connectivity index (χ0n) is 15.7. The summed E-state index contributed by atoms with van der Waals surface area (Å²) in [5.74, 6) is -0.145. The third kappa shape index (κ3) is 7.05. The van der Waals surface area contributed by atoms with Crippen molar-refractivity contribution in [1.29, 1.82) is 0 Å². The van der Waals surface area contributed by atoms with Crippen LogP contribution in [0.15, 0.2) is 53.3 Å². The number of alkyl carbamates (subject to hydrolysis) is 1. The van der Waals surface area contributed by atoms with Crippen LogP contribution in [0.3, 0.4) is 0 Å². The number of aryl methyl sites for hydroxylation is 1. The van der Waals surface area contributed by atoms with E-state index in [2.05, 4.69) is 50.8 Å². The van der Waals surface area contributed by atoms with Gasteiger partial charge in [0.1, 0.15) is 18.7 Å². The average molecular weight is 561 g/mol. The number of amides is 2. The molecule has 0 bridgehead atoms. The van der Waals surface area contributed by atoms with Crippen LogP contribution in [0.25, 0.3) is 0 Å². The molecule has 1 aromatic heterocycles. The fourth-order valence-electron chi connectivity index (χ4n) is 2.64. The van der Waals surface area contributed by atoms with Crippen molar-refractivity contribution in [1.82, 2.24) is 5.32 Å². The largest absolute Gasteiger partial charge is 0.448 e. The van der Waals surface area contributed by atoms with Gasteiger partial charge in [-0.3, -0.25) is 4.79 Å². The first-order chi connectivity index (χ1) is 13.5. The van der Waals surface area contributed by atoms with Gasteiger partial charge in [-0.05, 0) is 34.1 Å². The van der Waals surface area contributed by atoms with Crippen LogP contribution >= 0.6 is 38.5 Å². The topological polar surface area (TPSA) is 62.5 Å². The summed E-state index contributed by atoms with van der Waals surface area (Å²) in [5.41, 5.74) is 1.33. The van der Waals surface area contributed by atoms with Gasteiger partial charge in [0.05, 0.1) is 11.0 Å². The zero-order valence-corrected chi connectivity index (χ0v) is 19.5. The fourth-order valence-corrected chi connectivity index (χ4v) is 3.42. The highest BCUT2D eigenvalue weighted by Crippen LogP contribution is 2.18. The number of benzene rings is 1. The highest BCUT2D eigenvalue weighted by atomic mass is 127. The van der Waals surface area contributed by atoms with E-state index in [9.17, 15) is 9.59 Å². The third-order valence-electron chi connectivity index (χ3n) is 3.84. The monoisotopic (exact) mass is 560 g/mol. The van der Waals surface area contributed by atoms with Gasteiger partial charge in [-0.15, -0.1) is 0 Å². The van der Waals surface area contributed by atoms with Crippen molar-refractivity contribution < 1.29 is 18.9 Å². The van der Waals surface area contributed by atoms with Crippen LogP contribution in [0.4, 0.5) is 10.5 Å². The molecule has 6 nitrogen and oxygen atoms in total. The van der Waals surface area contributed by atoms with Crippen molar-refractivity contribution in [2.24, 2.45) is 0 Å². The summed E-state index contributed by atoms with van der Waals surface area (Å²) in [7, 11) is 0. The number of rotatable bonds is 9. The van der Waals surface area contributed by atoms with Crippen molar-refractivity contribution in [3.05, 3.63) is 58.8 Å². The summed E-state index contributed by atoms with van der Waals surface area (Å²) in [4.78, 5) is 26.5. The quantitative estimate of drug-likeness (QED) is 0.287. The molecule has 2 rings (SSSR count). The highest BCUT2D eigenvalue weighted by Gasteiger charge is 2.21. The molecule has 8 heteroatoms. The van der Waals surface area contributed by atoms with E-state index in [1.54, 1.807) is 11.0 Å². The Labute approximate surface area is 187 Å². The summed E-state index contributed by atoms with van der Waals surface area (Å²) in [5, 5.41) is 2.65. The van der Waals surface area contributed by atoms with Crippen LogP contribution in [0.5, 0.6) is 0 Å². The van der Waals surface area contributed by atoms with E-state index in [1.807, 2.05) is 47.3 Å². The molecule has 2 aromatic rings. The highest BCUT2D eigenvalue weighted by molar-refractivity contribution is 14.1. The summed E-state index contributed by atoms with van der Waals surface area (Å²) < 4.78 is 8.85. The second kappa shape index (κ2) is 12.0. The minimum absolute atomic E-state index is 0.108. The number of carbonyl (C=O) groups is 2. The second-order valence-electron chi connectivity index (χ2n) is 6.02. The molecule has 0 radical (unpaired) electrons. The molecule has 28 heavy (non-hydrogen) atoms. The second-order valence-corrected chi connectivity index (χ2v) is 8.02. The number of alkyl halides is 1. The predicted molar refractivity (Wildman–Crippen MR) is 121 cm³/mol. The molecule has 150 valence electrons. The van der Waals surface area contributed by atoms with Crippen molar-refractivity contribution in [3.8, 4) is 0 Å². The Morgan fingerprint density at radius 3 is 2.68 bits per heavy atom. The van der Waals surface area contributed by atoms with Crippen LogP contribution < -0.4 is 14.8 Å². The van der Waals surface area contributed by atoms with Gasteiger partial charge < -0.3 is 15.0 Å². The first-order valence-corrected chi connectivity index (χ1v) is 11.4. The number of ether oxygens (including phenoxy) is 1. The molecule has 1 heterocycles. The lowest BCUT2D eigenvalue weighted by Crippen LogP contribution is -2.39. The predicted octanol–water partition coefficient (Wildman–Crippen LogP) is 3.95. The summed E-state index contributed by atoms with van der Waals surface area (Å²) >= 11 is 5.66. The summed E-state index contributed by atoms with van der Waals surface area (Å²) in [6.45, 7) is 3.84. The van der Waals surface area contributed by atoms with Crippen molar-refractivity contribution in [2.45, 2.75) is 19.9 Å². The lowest BCUT2D eigenvalue weighted by atomic mass is 10.2. The van der Waals surface area contributed by atoms with E-state index in [1.165, 1.54) is 0 Å². The van der Waals surface area contributed by atoms with Gasteiger partial charge in [0.2, 0.25) is 0 Å². The number of hydrogen-bond donors (Lipinski definition) is 1. The molecular weight excluding hydrogens is 537 g/mol.